The maximum atomic E-state index is 10.8. The van der Waals surface area contributed by atoms with Crippen LogP contribution < -0.4 is 0 Å². The summed E-state index contributed by atoms with van der Waals surface area (Å²) in [5.74, 6) is 1.11. The molecule has 0 radical (unpaired) electrons. The molecule has 4 heterocycles. The van der Waals surface area contributed by atoms with Crippen LogP contribution in [0, 0.1) is 5.92 Å². The van der Waals surface area contributed by atoms with E-state index >= 15 is 0 Å². The van der Waals surface area contributed by atoms with Crippen LogP contribution in [0.3, 0.4) is 0 Å². The van der Waals surface area contributed by atoms with Gasteiger partial charge in [0.15, 0.2) is 9.84 Å². The van der Waals surface area contributed by atoms with Crippen LogP contribution in [0.5, 0.6) is 0 Å². The van der Waals surface area contributed by atoms with Crippen LogP contribution in [0.2, 0.25) is 0 Å². The number of nitrogens with zero attached hydrogens (tertiary/aromatic N) is 2. The topological polar surface area (TPSA) is 77.9 Å². The second-order valence-corrected chi connectivity index (χ2v) is 10.4. The highest BCUT2D eigenvalue weighted by atomic mass is 32.2. The van der Waals surface area contributed by atoms with Crippen LogP contribution in [0.1, 0.15) is 30.4 Å². The lowest BCUT2D eigenvalue weighted by atomic mass is 9.89. The average molecular weight is 445 g/mol. The van der Waals surface area contributed by atoms with Crippen molar-refractivity contribution >= 4 is 15.9 Å². The van der Waals surface area contributed by atoms with E-state index in [1.54, 1.807) is 30.3 Å². The number of carboxylic acid groups (broad SMARTS) is 1. The summed E-state index contributed by atoms with van der Waals surface area (Å²) >= 11 is 0. The number of piperidine rings is 3. The van der Waals surface area contributed by atoms with E-state index in [0.717, 1.165) is 17.9 Å². The summed E-state index contributed by atoms with van der Waals surface area (Å²) in [6.45, 7) is 5.33. The molecule has 1 N–H and O–H groups in total. The first-order valence-corrected chi connectivity index (χ1v) is 12.7. The summed E-state index contributed by atoms with van der Waals surface area (Å²) in [5, 5.41) is 8.79. The van der Waals surface area contributed by atoms with Gasteiger partial charge in [0.1, 0.15) is 0 Å². The molecule has 2 aromatic carbocycles. The van der Waals surface area contributed by atoms with Crippen molar-refractivity contribution in [2.24, 2.45) is 5.92 Å². The van der Waals surface area contributed by atoms with Gasteiger partial charge in [-0.15, -0.1) is 0 Å². The predicted octanol–water partition coefficient (Wildman–Crippen LogP) is 3.91. The van der Waals surface area contributed by atoms with Gasteiger partial charge in [-0.05, 0) is 74.5 Å². The second kappa shape index (κ2) is 10.8. The lowest BCUT2D eigenvalue weighted by Gasteiger charge is -2.38. The number of benzene rings is 2. The third-order valence-electron chi connectivity index (χ3n) is 6.13. The van der Waals surface area contributed by atoms with Crippen molar-refractivity contribution in [1.82, 2.24) is 9.80 Å². The highest BCUT2D eigenvalue weighted by Gasteiger charge is 2.24. The van der Waals surface area contributed by atoms with Crippen molar-refractivity contribution in [3.63, 3.8) is 0 Å². The Bertz CT molecular complexity index is 932. The van der Waals surface area contributed by atoms with Crippen molar-refractivity contribution in [3.05, 3.63) is 65.7 Å². The fourth-order valence-corrected chi connectivity index (χ4v) is 4.84. The Balaban J connectivity index is 0.000000136. The molecule has 0 aliphatic carbocycles. The lowest BCUT2D eigenvalue weighted by molar-refractivity contribution is 0.111. The minimum Gasteiger partial charge on any atom is -0.465 e. The number of rotatable bonds is 1. The summed E-state index contributed by atoms with van der Waals surface area (Å²) in [4.78, 5) is 15.1. The van der Waals surface area contributed by atoms with E-state index in [0.29, 0.717) is 18.0 Å². The molecule has 7 heteroatoms. The van der Waals surface area contributed by atoms with E-state index < -0.39 is 15.9 Å². The summed E-state index contributed by atoms with van der Waals surface area (Å²) in [5.41, 5.74) is 2.41. The highest BCUT2D eigenvalue weighted by Crippen LogP contribution is 2.26. The number of sulfone groups is 1. The normalized spacial score (nSPS) is 21.6. The molecule has 2 aromatic rings. The van der Waals surface area contributed by atoms with Gasteiger partial charge in [0, 0.05) is 19.3 Å². The Hall–Kier alpha value is -2.38. The molecule has 4 aliphatic rings. The summed E-state index contributed by atoms with van der Waals surface area (Å²) < 4.78 is 21.7. The summed E-state index contributed by atoms with van der Waals surface area (Å²) in [6, 6.07) is 16.4. The fraction of sp³-hybridized carbons (Fsp3) is 0.458. The number of hydrogen-bond donors (Lipinski definition) is 1. The van der Waals surface area contributed by atoms with E-state index in [-0.39, 0.29) is 0 Å². The van der Waals surface area contributed by atoms with E-state index in [1.807, 2.05) is 18.2 Å². The van der Waals surface area contributed by atoms with Gasteiger partial charge in [0.2, 0.25) is 0 Å². The number of carbonyl (C=O) groups is 1. The van der Waals surface area contributed by atoms with Crippen molar-refractivity contribution in [2.75, 3.05) is 32.4 Å². The lowest BCUT2D eigenvalue weighted by Crippen LogP contribution is -2.41. The molecule has 0 atom stereocenters. The van der Waals surface area contributed by atoms with Gasteiger partial charge < -0.3 is 14.9 Å². The fourth-order valence-electron chi connectivity index (χ4n) is 4.19. The molecule has 6 nitrogen and oxygen atoms in total. The molecule has 2 bridgehead atoms. The van der Waals surface area contributed by atoms with Crippen LogP contribution in [-0.2, 0) is 22.8 Å². The van der Waals surface area contributed by atoms with Crippen LogP contribution in [0.15, 0.2) is 59.5 Å². The van der Waals surface area contributed by atoms with Gasteiger partial charge in [-0.25, -0.2) is 13.2 Å². The standard InChI is InChI=1S/C10H11NO2.C7H13N.C7H8O2S/c12-10(13)11-6-5-8-3-1-2-4-9(8)7-11;1-4-8-5-2-7(1)3-6-8;1-10(8,9)7-5-3-2-4-6-7/h1-4H,5-7H2,(H,12,13);7H,1-6H2;2-6H,1H3. The Kier molecular flexibility index (Phi) is 8.09. The van der Waals surface area contributed by atoms with Gasteiger partial charge in [0.25, 0.3) is 0 Å². The second-order valence-electron chi connectivity index (χ2n) is 8.38. The number of amides is 1. The molecule has 4 aliphatic heterocycles. The maximum absolute atomic E-state index is 10.8. The molecular weight excluding hydrogens is 412 g/mol. The minimum atomic E-state index is -3.00. The Morgan fingerprint density at radius 3 is 1.84 bits per heavy atom. The maximum Gasteiger partial charge on any atom is 0.407 e. The first-order chi connectivity index (χ1) is 14.8. The molecule has 6 rings (SSSR count). The number of fused-ring (bicyclic) bond motifs is 4. The van der Waals surface area contributed by atoms with Crippen molar-refractivity contribution < 1.29 is 18.3 Å². The Morgan fingerprint density at radius 1 is 0.871 bits per heavy atom. The Labute approximate surface area is 185 Å². The van der Waals surface area contributed by atoms with Gasteiger partial charge in [-0.2, -0.15) is 0 Å². The number of hydrogen-bond acceptors (Lipinski definition) is 4. The largest absolute Gasteiger partial charge is 0.465 e. The van der Waals surface area contributed by atoms with Crippen LogP contribution in [-0.4, -0.2) is 61.9 Å². The smallest absolute Gasteiger partial charge is 0.407 e. The van der Waals surface area contributed by atoms with E-state index in [2.05, 4.69) is 11.0 Å². The van der Waals surface area contributed by atoms with E-state index in [1.165, 1.54) is 55.6 Å². The van der Waals surface area contributed by atoms with Crippen molar-refractivity contribution in [2.45, 2.75) is 37.1 Å². The monoisotopic (exact) mass is 444 g/mol. The third-order valence-corrected chi connectivity index (χ3v) is 7.26. The van der Waals surface area contributed by atoms with Gasteiger partial charge in [0.05, 0.1) is 4.90 Å². The van der Waals surface area contributed by atoms with Crippen molar-refractivity contribution in [1.29, 1.82) is 0 Å². The third kappa shape index (κ3) is 7.08. The molecule has 3 fully saturated rings. The average Bonchev–Trinajstić information content (AvgIpc) is 2.81. The SMILES string of the molecule is C1CN2CCC1CC2.CS(=O)(=O)c1ccccc1.O=C(O)N1CCc2ccccc2C1. The zero-order chi connectivity index (χ0) is 22.3. The quantitative estimate of drug-likeness (QED) is 0.721. The molecular formula is C24H32N2O4S. The van der Waals surface area contributed by atoms with Crippen LogP contribution in [0.25, 0.3) is 0 Å². The molecule has 0 unspecified atom stereocenters. The predicted molar refractivity (Wildman–Crippen MR) is 122 cm³/mol. The van der Waals surface area contributed by atoms with E-state index in [4.69, 9.17) is 5.11 Å². The van der Waals surface area contributed by atoms with Gasteiger partial charge in [-0.3, -0.25) is 0 Å². The van der Waals surface area contributed by atoms with Crippen molar-refractivity contribution in [3.8, 4) is 0 Å². The molecule has 0 aromatic heterocycles. The zero-order valence-electron chi connectivity index (χ0n) is 18.1. The summed E-state index contributed by atoms with van der Waals surface area (Å²) in [7, 11) is -3.00. The van der Waals surface area contributed by atoms with E-state index in [9.17, 15) is 13.2 Å². The molecule has 0 saturated carbocycles. The highest BCUT2D eigenvalue weighted by molar-refractivity contribution is 7.90. The Morgan fingerprint density at radius 2 is 1.42 bits per heavy atom. The van der Waals surface area contributed by atoms with Gasteiger partial charge >= 0.3 is 6.09 Å². The summed E-state index contributed by atoms with van der Waals surface area (Å²) in [6.07, 6.45) is 5.67. The van der Waals surface area contributed by atoms with Crippen LogP contribution in [0.4, 0.5) is 4.79 Å². The minimum absolute atomic E-state index is 0.370. The molecule has 3 saturated heterocycles. The molecule has 31 heavy (non-hydrogen) atoms. The van der Waals surface area contributed by atoms with Crippen LogP contribution >= 0.6 is 0 Å². The van der Waals surface area contributed by atoms with Gasteiger partial charge in [-0.1, -0.05) is 42.5 Å². The zero-order valence-corrected chi connectivity index (χ0v) is 18.9. The molecule has 0 spiro atoms. The molecule has 1 amide bonds. The first-order valence-electron chi connectivity index (χ1n) is 10.8. The molecule has 168 valence electrons. The first kappa shape index (κ1) is 23.3.